The molecule has 28 heavy (non-hydrogen) atoms. The van der Waals surface area contributed by atoms with E-state index >= 15 is 0 Å². The molecule has 3 rings (SSSR count). The highest BCUT2D eigenvalue weighted by molar-refractivity contribution is 5.90. The maximum absolute atomic E-state index is 12.0. The summed E-state index contributed by atoms with van der Waals surface area (Å²) in [5.41, 5.74) is 1.78. The number of ether oxygens (including phenoxy) is 3. The number of aromatic nitrogens is 2. The number of benzene rings is 1. The predicted octanol–water partition coefficient (Wildman–Crippen LogP) is 1.87. The van der Waals surface area contributed by atoms with Gasteiger partial charge in [-0.3, -0.25) is 4.79 Å². The fourth-order valence-corrected chi connectivity index (χ4v) is 2.67. The van der Waals surface area contributed by atoms with Crippen molar-refractivity contribution >= 4 is 17.5 Å². The third kappa shape index (κ3) is 4.59. The summed E-state index contributed by atoms with van der Waals surface area (Å²) in [5.74, 6) is 0.262. The lowest BCUT2D eigenvalue weighted by Crippen LogP contribution is -2.30. The van der Waals surface area contributed by atoms with Gasteiger partial charge in [-0.05, 0) is 36.2 Å². The lowest BCUT2D eigenvalue weighted by molar-refractivity contribution is -0.124. The van der Waals surface area contributed by atoms with Crippen molar-refractivity contribution in [3.63, 3.8) is 0 Å². The number of fused-ring (bicyclic) bond motifs is 1. The maximum Gasteiger partial charge on any atom is 0.359 e. The Balaban J connectivity index is 1.45. The van der Waals surface area contributed by atoms with Crippen molar-refractivity contribution in [2.24, 2.45) is 0 Å². The molecule has 0 aliphatic heterocycles. The molecule has 8 nitrogen and oxygen atoms in total. The van der Waals surface area contributed by atoms with Crippen LogP contribution < -0.4 is 14.8 Å². The number of hydrogen-bond donors (Lipinski definition) is 1. The van der Waals surface area contributed by atoms with Crippen LogP contribution in [-0.2, 0) is 16.0 Å². The molecule has 3 aromatic rings. The van der Waals surface area contributed by atoms with Gasteiger partial charge in [-0.2, -0.15) is 0 Å². The van der Waals surface area contributed by atoms with Gasteiger partial charge in [-0.25, -0.2) is 9.78 Å². The third-order valence-electron chi connectivity index (χ3n) is 4.09. The summed E-state index contributed by atoms with van der Waals surface area (Å²) in [5, 5.41) is 2.72. The van der Waals surface area contributed by atoms with Gasteiger partial charge in [0, 0.05) is 18.9 Å². The summed E-state index contributed by atoms with van der Waals surface area (Å²) >= 11 is 0. The fraction of sp³-hybridized carbons (Fsp3) is 0.250. The van der Waals surface area contributed by atoms with Gasteiger partial charge in [0.2, 0.25) is 0 Å². The minimum Gasteiger partial charge on any atom is -0.493 e. The van der Waals surface area contributed by atoms with E-state index in [4.69, 9.17) is 14.2 Å². The standard InChI is InChI=1S/C20H21N3O5/c1-26-16-7-6-14(11-17(16)27-2)8-9-21-19(24)13-28-20(25)15-12-23-10-4-3-5-18(23)22-15/h3-7,10-12H,8-9,13H2,1-2H3,(H,21,24). The lowest BCUT2D eigenvalue weighted by atomic mass is 10.1. The first kappa shape index (κ1) is 19.2. The number of methoxy groups -OCH3 is 2. The fourth-order valence-electron chi connectivity index (χ4n) is 2.67. The van der Waals surface area contributed by atoms with Crippen LogP contribution in [0.15, 0.2) is 48.8 Å². The molecule has 1 aromatic carbocycles. The second-order valence-electron chi connectivity index (χ2n) is 5.96. The largest absolute Gasteiger partial charge is 0.493 e. The Kier molecular flexibility index (Phi) is 6.11. The van der Waals surface area contributed by atoms with Crippen LogP contribution >= 0.6 is 0 Å². The summed E-state index contributed by atoms with van der Waals surface area (Å²) < 4.78 is 17.2. The number of carbonyl (C=O) groups excluding carboxylic acids is 2. The monoisotopic (exact) mass is 383 g/mol. The van der Waals surface area contributed by atoms with E-state index in [1.165, 1.54) is 0 Å². The molecule has 0 saturated heterocycles. The molecule has 1 amide bonds. The summed E-state index contributed by atoms with van der Waals surface area (Å²) in [7, 11) is 3.15. The minimum absolute atomic E-state index is 0.157. The predicted molar refractivity (Wildman–Crippen MR) is 102 cm³/mol. The molecule has 1 N–H and O–H groups in total. The van der Waals surface area contributed by atoms with Crippen molar-refractivity contribution in [3.05, 3.63) is 60.0 Å². The summed E-state index contributed by atoms with van der Waals surface area (Å²) in [6.45, 7) is 0.0405. The van der Waals surface area contributed by atoms with Gasteiger partial charge in [0.25, 0.3) is 5.91 Å². The van der Waals surface area contributed by atoms with E-state index in [1.807, 2.05) is 30.3 Å². The van der Waals surface area contributed by atoms with Gasteiger partial charge >= 0.3 is 5.97 Å². The highest BCUT2D eigenvalue weighted by Gasteiger charge is 2.14. The average Bonchev–Trinajstić information content (AvgIpc) is 3.16. The molecule has 0 atom stereocenters. The molecule has 146 valence electrons. The summed E-state index contributed by atoms with van der Waals surface area (Å²) in [6.07, 6.45) is 3.94. The van der Waals surface area contributed by atoms with Crippen LogP contribution in [0.25, 0.3) is 5.65 Å². The van der Waals surface area contributed by atoms with Gasteiger partial charge in [-0.1, -0.05) is 12.1 Å². The van der Waals surface area contributed by atoms with Crippen molar-refractivity contribution in [2.45, 2.75) is 6.42 Å². The normalized spacial score (nSPS) is 10.5. The topological polar surface area (TPSA) is 91.2 Å². The third-order valence-corrected chi connectivity index (χ3v) is 4.09. The number of rotatable bonds is 8. The molecule has 0 bridgehead atoms. The number of pyridine rings is 1. The number of carbonyl (C=O) groups is 2. The maximum atomic E-state index is 12.0. The lowest BCUT2D eigenvalue weighted by Gasteiger charge is -2.10. The van der Waals surface area contributed by atoms with Crippen molar-refractivity contribution in [2.75, 3.05) is 27.4 Å². The minimum atomic E-state index is -0.640. The van der Waals surface area contributed by atoms with E-state index in [2.05, 4.69) is 10.3 Å². The number of amides is 1. The Labute approximate surface area is 162 Å². The zero-order chi connectivity index (χ0) is 19.9. The van der Waals surface area contributed by atoms with Gasteiger partial charge in [0.05, 0.1) is 14.2 Å². The Morgan fingerprint density at radius 3 is 2.68 bits per heavy atom. The molecule has 0 spiro atoms. The van der Waals surface area contributed by atoms with Crippen LogP contribution in [0.5, 0.6) is 11.5 Å². The average molecular weight is 383 g/mol. The quantitative estimate of drug-likeness (QED) is 0.597. The molecule has 0 fully saturated rings. The number of imidazole rings is 1. The summed E-state index contributed by atoms with van der Waals surface area (Å²) in [6, 6.07) is 11.0. The van der Waals surface area contributed by atoms with Gasteiger partial charge < -0.3 is 23.9 Å². The van der Waals surface area contributed by atoms with Gasteiger partial charge in [0.15, 0.2) is 23.8 Å². The van der Waals surface area contributed by atoms with Gasteiger partial charge in [0.1, 0.15) is 5.65 Å². The zero-order valence-electron chi connectivity index (χ0n) is 15.7. The van der Waals surface area contributed by atoms with Crippen LogP contribution in [0.3, 0.4) is 0 Å². The Morgan fingerprint density at radius 1 is 1.11 bits per heavy atom. The highest BCUT2D eigenvalue weighted by Crippen LogP contribution is 2.27. The van der Waals surface area contributed by atoms with Crippen molar-refractivity contribution in [1.82, 2.24) is 14.7 Å². The second-order valence-corrected chi connectivity index (χ2v) is 5.96. The zero-order valence-corrected chi connectivity index (χ0v) is 15.7. The van der Waals surface area contributed by atoms with E-state index in [0.29, 0.717) is 30.1 Å². The second kappa shape index (κ2) is 8.90. The van der Waals surface area contributed by atoms with Crippen molar-refractivity contribution < 1.29 is 23.8 Å². The van der Waals surface area contributed by atoms with E-state index in [9.17, 15) is 9.59 Å². The van der Waals surface area contributed by atoms with Crippen LogP contribution in [0, 0.1) is 0 Å². The Bertz CT molecular complexity index is 950. The van der Waals surface area contributed by atoms with Gasteiger partial charge in [-0.15, -0.1) is 0 Å². The smallest absolute Gasteiger partial charge is 0.359 e. The molecular weight excluding hydrogens is 362 g/mol. The molecule has 2 heterocycles. The first-order valence-corrected chi connectivity index (χ1v) is 8.69. The molecule has 0 aliphatic rings. The van der Waals surface area contributed by atoms with E-state index in [0.717, 1.165) is 5.56 Å². The van der Waals surface area contributed by atoms with Crippen LogP contribution in [0.2, 0.25) is 0 Å². The van der Waals surface area contributed by atoms with E-state index < -0.39 is 5.97 Å². The molecule has 0 saturated carbocycles. The van der Waals surface area contributed by atoms with Crippen LogP contribution in [0.1, 0.15) is 16.1 Å². The van der Waals surface area contributed by atoms with Crippen LogP contribution in [-0.4, -0.2) is 48.6 Å². The highest BCUT2D eigenvalue weighted by atomic mass is 16.5. The summed E-state index contributed by atoms with van der Waals surface area (Å²) in [4.78, 5) is 28.1. The molecular formula is C20H21N3O5. The first-order chi connectivity index (χ1) is 13.6. The Hall–Kier alpha value is -3.55. The van der Waals surface area contributed by atoms with Crippen molar-refractivity contribution in [3.8, 4) is 11.5 Å². The molecule has 0 aliphatic carbocycles. The Morgan fingerprint density at radius 2 is 1.93 bits per heavy atom. The van der Waals surface area contributed by atoms with E-state index in [1.54, 1.807) is 37.1 Å². The number of hydrogen-bond acceptors (Lipinski definition) is 6. The SMILES string of the molecule is COc1ccc(CCNC(=O)COC(=O)c2cn3ccccc3n2)cc1OC. The molecule has 0 radical (unpaired) electrons. The molecule has 0 unspecified atom stereocenters. The van der Waals surface area contributed by atoms with Crippen molar-refractivity contribution in [1.29, 1.82) is 0 Å². The van der Waals surface area contributed by atoms with E-state index in [-0.39, 0.29) is 18.2 Å². The number of nitrogens with one attached hydrogen (secondary N) is 1. The van der Waals surface area contributed by atoms with Crippen LogP contribution in [0.4, 0.5) is 0 Å². The first-order valence-electron chi connectivity index (χ1n) is 8.69. The molecule has 2 aromatic heterocycles. The molecule has 8 heteroatoms. The number of esters is 1. The number of nitrogens with zero attached hydrogens (tertiary/aromatic N) is 2.